The van der Waals surface area contributed by atoms with Gasteiger partial charge in [0.1, 0.15) is 6.54 Å². The van der Waals surface area contributed by atoms with Crippen LogP contribution in [0, 0.1) is 5.82 Å². The molecule has 0 spiro atoms. The highest BCUT2D eigenvalue weighted by Gasteiger charge is 2.26. The fraction of sp³-hybridized carbons (Fsp3) is 0.409. The van der Waals surface area contributed by atoms with Gasteiger partial charge in [-0.1, -0.05) is 30.3 Å². The Hall–Kier alpha value is -3.16. The van der Waals surface area contributed by atoms with Crippen LogP contribution in [0.2, 0.25) is 0 Å². The molecule has 2 aromatic rings. The minimum atomic E-state index is -0.315. The molecule has 0 saturated carbocycles. The number of hydrogen-bond acceptors (Lipinski definition) is 4. The third kappa shape index (κ3) is 6.17. The summed E-state index contributed by atoms with van der Waals surface area (Å²) in [5.41, 5.74) is 1.23. The molecule has 3 rings (SSSR count). The maximum atomic E-state index is 14.0. The lowest BCUT2D eigenvalue weighted by Gasteiger charge is -2.20. The molecule has 2 N–H and O–H groups in total. The Balaban J connectivity index is 1.59. The number of likely N-dealkylation sites (N-methyl/N-ethyl adjacent to an activating group) is 1. The molecule has 1 unspecified atom stereocenters. The van der Waals surface area contributed by atoms with Crippen LogP contribution >= 0.6 is 0 Å². The number of halogens is 1. The first-order chi connectivity index (χ1) is 14.5. The van der Waals surface area contributed by atoms with Gasteiger partial charge in [0.2, 0.25) is 5.91 Å². The topological polar surface area (TPSA) is 72.9 Å². The van der Waals surface area contributed by atoms with E-state index < -0.39 is 0 Å². The molecule has 1 amide bonds. The van der Waals surface area contributed by atoms with E-state index in [2.05, 4.69) is 32.7 Å². The summed E-state index contributed by atoms with van der Waals surface area (Å²) < 4.78 is 14.0. The van der Waals surface area contributed by atoms with Gasteiger partial charge >= 0.3 is 0 Å². The van der Waals surface area contributed by atoms with Crippen molar-refractivity contribution in [1.82, 2.24) is 20.5 Å². The van der Waals surface area contributed by atoms with Crippen LogP contribution in [0.4, 0.5) is 10.2 Å². The molecular weight excluding hydrogens is 383 g/mol. The Labute approximate surface area is 177 Å². The maximum Gasteiger partial charge on any atom is 0.243 e. The van der Waals surface area contributed by atoms with E-state index in [0.717, 1.165) is 12.8 Å². The number of pyridine rings is 1. The van der Waals surface area contributed by atoms with Gasteiger partial charge in [0.15, 0.2) is 17.6 Å². The van der Waals surface area contributed by atoms with E-state index in [1.54, 1.807) is 26.4 Å². The van der Waals surface area contributed by atoms with Crippen LogP contribution in [0.3, 0.4) is 0 Å². The molecule has 160 valence electrons. The van der Waals surface area contributed by atoms with Gasteiger partial charge in [-0.05, 0) is 30.5 Å². The van der Waals surface area contributed by atoms with Crippen molar-refractivity contribution in [2.75, 3.05) is 45.2 Å². The van der Waals surface area contributed by atoms with Crippen molar-refractivity contribution >= 4 is 17.7 Å². The highest BCUT2D eigenvalue weighted by Crippen LogP contribution is 2.20. The molecule has 1 aliphatic heterocycles. The van der Waals surface area contributed by atoms with Crippen LogP contribution in [0.5, 0.6) is 0 Å². The van der Waals surface area contributed by atoms with Crippen molar-refractivity contribution in [3.8, 4) is 0 Å². The zero-order valence-electron chi connectivity index (χ0n) is 17.5. The van der Waals surface area contributed by atoms with Crippen LogP contribution in [0.1, 0.15) is 12.0 Å². The first-order valence-electron chi connectivity index (χ1n) is 10.2. The third-order valence-electron chi connectivity index (χ3n) is 4.99. The summed E-state index contributed by atoms with van der Waals surface area (Å²) in [6.45, 7) is 2.09. The van der Waals surface area contributed by atoms with E-state index in [9.17, 15) is 9.18 Å². The van der Waals surface area contributed by atoms with Gasteiger partial charge in [0.25, 0.3) is 0 Å². The number of nitrogens with one attached hydrogen (secondary N) is 2. The Morgan fingerprint density at radius 1 is 1.27 bits per heavy atom. The van der Waals surface area contributed by atoms with Crippen molar-refractivity contribution < 1.29 is 9.18 Å². The summed E-state index contributed by atoms with van der Waals surface area (Å²) in [6.07, 6.45) is 3.28. The molecule has 1 atom stereocenters. The van der Waals surface area contributed by atoms with E-state index in [4.69, 9.17) is 0 Å². The number of rotatable bonds is 7. The monoisotopic (exact) mass is 412 g/mol. The van der Waals surface area contributed by atoms with Crippen molar-refractivity contribution in [3.05, 3.63) is 60.0 Å². The van der Waals surface area contributed by atoms with Crippen LogP contribution in [-0.4, -0.2) is 68.1 Å². The number of carbonyl (C=O) groups is 1. The van der Waals surface area contributed by atoms with Crippen molar-refractivity contribution in [2.24, 2.45) is 4.99 Å². The summed E-state index contributed by atoms with van der Waals surface area (Å²) >= 11 is 0. The van der Waals surface area contributed by atoms with Gasteiger partial charge in [0, 0.05) is 46.0 Å². The summed E-state index contributed by atoms with van der Waals surface area (Å²) in [7, 11) is 3.42. The highest BCUT2D eigenvalue weighted by molar-refractivity contribution is 5.85. The van der Waals surface area contributed by atoms with Crippen molar-refractivity contribution in [2.45, 2.75) is 18.9 Å². The molecule has 8 heteroatoms. The van der Waals surface area contributed by atoms with Gasteiger partial charge in [0.05, 0.1) is 0 Å². The zero-order chi connectivity index (χ0) is 21.3. The Morgan fingerprint density at radius 3 is 2.80 bits per heavy atom. The number of aromatic nitrogens is 1. The number of carbonyl (C=O) groups excluding carboxylic acids is 1. The number of aliphatic imine (C=N–C) groups is 1. The minimum absolute atomic E-state index is 0.0669. The number of nitrogens with zero attached hydrogens (tertiary/aromatic N) is 4. The Kier molecular flexibility index (Phi) is 7.59. The van der Waals surface area contributed by atoms with Gasteiger partial charge in [-0.25, -0.2) is 14.4 Å². The second-order valence-corrected chi connectivity index (χ2v) is 7.50. The van der Waals surface area contributed by atoms with E-state index in [-0.39, 0.29) is 24.3 Å². The fourth-order valence-electron chi connectivity index (χ4n) is 3.28. The van der Waals surface area contributed by atoms with Crippen LogP contribution in [0.25, 0.3) is 0 Å². The molecule has 1 aromatic carbocycles. The molecular formula is C22H29FN6O. The molecule has 1 aromatic heterocycles. The molecule has 2 heterocycles. The van der Waals surface area contributed by atoms with Crippen LogP contribution in [0.15, 0.2) is 53.7 Å². The maximum absolute atomic E-state index is 14.0. The van der Waals surface area contributed by atoms with Crippen molar-refractivity contribution in [1.29, 1.82) is 0 Å². The Bertz CT molecular complexity index is 858. The van der Waals surface area contributed by atoms with Gasteiger partial charge in [-0.15, -0.1) is 0 Å². The number of benzene rings is 1. The lowest BCUT2D eigenvalue weighted by Crippen LogP contribution is -2.45. The second-order valence-electron chi connectivity index (χ2n) is 7.50. The number of hydrogen-bond donors (Lipinski definition) is 2. The average molecular weight is 413 g/mol. The molecule has 1 aliphatic rings. The lowest BCUT2D eigenvalue weighted by molar-refractivity contribution is -0.127. The fourth-order valence-corrected chi connectivity index (χ4v) is 3.28. The van der Waals surface area contributed by atoms with E-state index in [0.29, 0.717) is 31.4 Å². The summed E-state index contributed by atoms with van der Waals surface area (Å²) in [4.78, 5) is 24.0. The first-order valence-corrected chi connectivity index (χ1v) is 10.2. The molecule has 0 radical (unpaired) electrons. The Morgan fingerprint density at radius 2 is 2.07 bits per heavy atom. The van der Waals surface area contributed by atoms with E-state index >= 15 is 0 Å². The second kappa shape index (κ2) is 10.6. The molecule has 0 bridgehead atoms. The minimum Gasteiger partial charge on any atom is -0.356 e. The van der Waals surface area contributed by atoms with E-state index in [1.807, 2.05) is 23.1 Å². The van der Waals surface area contributed by atoms with Crippen LogP contribution < -0.4 is 15.5 Å². The number of amides is 1. The smallest absolute Gasteiger partial charge is 0.243 e. The van der Waals surface area contributed by atoms with Crippen LogP contribution in [-0.2, 0) is 11.2 Å². The largest absolute Gasteiger partial charge is 0.356 e. The molecule has 7 nitrogen and oxygen atoms in total. The predicted molar refractivity (Wildman–Crippen MR) is 117 cm³/mol. The van der Waals surface area contributed by atoms with E-state index in [1.165, 1.54) is 16.5 Å². The molecule has 1 saturated heterocycles. The summed E-state index contributed by atoms with van der Waals surface area (Å²) in [5, 5.41) is 6.71. The standard InChI is InChI=1S/C22H29FN6O/c1-28(2)20(30)15-26-22(25-13-10-17-7-4-3-5-8-17)27-18-11-14-29(16-18)21-19(23)9-6-12-24-21/h3-9,12,18H,10-11,13-16H2,1-2H3,(H2,25,26,27). The molecule has 30 heavy (non-hydrogen) atoms. The SMILES string of the molecule is CN(C)C(=O)CN=C(NCCc1ccccc1)NC1CCN(c2ncccc2F)C1. The van der Waals surface area contributed by atoms with Crippen molar-refractivity contribution in [3.63, 3.8) is 0 Å². The zero-order valence-corrected chi connectivity index (χ0v) is 17.5. The predicted octanol–water partition coefficient (Wildman–Crippen LogP) is 1.67. The van der Waals surface area contributed by atoms with Gasteiger partial charge in [-0.3, -0.25) is 4.79 Å². The summed E-state index contributed by atoms with van der Waals surface area (Å²) in [6, 6.07) is 13.3. The highest BCUT2D eigenvalue weighted by atomic mass is 19.1. The first kappa shape index (κ1) is 21.5. The number of guanidine groups is 1. The summed E-state index contributed by atoms with van der Waals surface area (Å²) in [5.74, 6) is 0.585. The quantitative estimate of drug-likeness (QED) is 0.535. The average Bonchev–Trinajstić information content (AvgIpc) is 3.21. The third-order valence-corrected chi connectivity index (χ3v) is 4.99. The van der Waals surface area contributed by atoms with Gasteiger partial charge < -0.3 is 20.4 Å². The lowest BCUT2D eigenvalue weighted by atomic mass is 10.1. The normalized spacial score (nSPS) is 16.4. The van der Waals surface area contributed by atoms with Gasteiger partial charge in [-0.2, -0.15) is 0 Å². The number of anilines is 1. The molecule has 0 aliphatic carbocycles. The molecule has 1 fully saturated rings.